The highest BCUT2D eigenvalue weighted by molar-refractivity contribution is 7.67. The molecule has 1 rings (SSSR count). The van der Waals surface area contributed by atoms with Crippen molar-refractivity contribution in [3.8, 4) is 0 Å². The summed E-state index contributed by atoms with van der Waals surface area (Å²) in [5, 5.41) is 0. The predicted molar refractivity (Wildman–Crippen MR) is 114 cm³/mol. The molecule has 9 heteroatoms. The van der Waals surface area contributed by atoms with Crippen LogP contribution in [0, 0.1) is 11.3 Å². The molecule has 0 radical (unpaired) electrons. The topological polar surface area (TPSA) is 120 Å². The highest BCUT2D eigenvalue weighted by Crippen LogP contribution is 2.67. The van der Waals surface area contributed by atoms with E-state index in [4.69, 9.17) is 19.2 Å². The highest BCUT2D eigenvalue weighted by Gasteiger charge is 2.57. The monoisotopic (exact) mass is 440 g/mol. The Morgan fingerprint density at radius 1 is 1.14 bits per heavy atom. The smallest absolute Gasteiger partial charge is 0.165 e. The Kier molecular flexibility index (Phi) is 10.7. The Labute approximate surface area is 170 Å². The summed E-state index contributed by atoms with van der Waals surface area (Å²) in [4.78, 5) is 45.0. The Hall–Kier alpha value is 0.0600. The number of hydrogen-bond acceptors (Lipinski definition) is 7. The van der Waals surface area contributed by atoms with Crippen LogP contribution in [0.3, 0.4) is 0 Å². The Bertz CT molecular complexity index is 527. The summed E-state index contributed by atoms with van der Waals surface area (Å²) >= 11 is 0. The molecule has 0 aromatic heterocycles. The second-order valence-electron chi connectivity index (χ2n) is 8.59. The average molecular weight is 440 g/mol. The van der Waals surface area contributed by atoms with E-state index in [1.165, 1.54) is 37.7 Å². The first kappa shape index (κ1) is 26.1. The van der Waals surface area contributed by atoms with Crippen molar-refractivity contribution in [2.75, 3.05) is 6.61 Å². The van der Waals surface area contributed by atoms with Crippen LogP contribution in [0.5, 0.6) is 0 Å². The average Bonchev–Trinajstić information content (AvgIpc) is 2.50. The molecule has 0 amide bonds. The summed E-state index contributed by atoms with van der Waals surface area (Å²) in [6.45, 7) is 10.8. The Balaban J connectivity index is 2.46. The zero-order chi connectivity index (χ0) is 21.4. The van der Waals surface area contributed by atoms with Crippen molar-refractivity contribution in [2.45, 2.75) is 78.6 Å². The minimum atomic E-state index is -4.77. The second kappa shape index (κ2) is 11.5. The molecule has 1 aliphatic carbocycles. The van der Waals surface area contributed by atoms with Gasteiger partial charge in [0.15, 0.2) is 0 Å². The molecule has 0 aromatic carbocycles. The van der Waals surface area contributed by atoms with Gasteiger partial charge in [0.1, 0.15) is 6.61 Å². The summed E-state index contributed by atoms with van der Waals surface area (Å²) in [5.74, 6) is 0.500. The van der Waals surface area contributed by atoms with Gasteiger partial charge < -0.3 is 0 Å². The normalized spacial score (nSPS) is 22.9. The van der Waals surface area contributed by atoms with Gasteiger partial charge in [-0.05, 0) is 63.2 Å². The van der Waals surface area contributed by atoms with Gasteiger partial charge in [0, 0.05) is 0 Å². The maximum absolute atomic E-state index is 9.40. The van der Waals surface area contributed by atoms with Gasteiger partial charge in [-0.15, -0.1) is 4.52 Å². The molecular formula is C19H38O7P2+2. The molecule has 0 spiro atoms. The standard InChI is InChI=1S/C19H38O7P2/c1-16(12-15-25-28(23,24)26-27(20,21)22)10-11-18-9-5-6-13-19(3,4)14-7-8-17(18)2/h12,18,20-24H,2,5-11,13-15H2,1,3-4H3/q+2/b16-12+/t18-/m1/s1. The molecular weight excluding hydrogens is 402 g/mol. The molecule has 28 heavy (non-hydrogen) atoms. The van der Waals surface area contributed by atoms with E-state index in [9.17, 15) is 9.79 Å². The lowest BCUT2D eigenvalue weighted by atomic mass is 9.77. The molecule has 0 aromatic rings. The summed E-state index contributed by atoms with van der Waals surface area (Å²) < 4.78 is 8.70. The Morgan fingerprint density at radius 2 is 1.79 bits per heavy atom. The van der Waals surface area contributed by atoms with Gasteiger partial charge in [0.25, 0.3) is 0 Å². The highest BCUT2D eigenvalue weighted by atomic mass is 31.3. The van der Waals surface area contributed by atoms with Crippen LogP contribution >= 0.6 is 16.3 Å². The summed E-state index contributed by atoms with van der Waals surface area (Å²) in [7, 11) is -9.23. The summed E-state index contributed by atoms with van der Waals surface area (Å²) in [6, 6.07) is 0. The van der Waals surface area contributed by atoms with Crippen LogP contribution in [0.25, 0.3) is 0 Å². The molecule has 5 N–H and O–H groups in total. The largest absolute Gasteiger partial charge is 0.620 e. The lowest BCUT2D eigenvalue weighted by molar-refractivity contribution is 0.144. The van der Waals surface area contributed by atoms with E-state index in [0.29, 0.717) is 11.3 Å². The molecule has 1 aliphatic rings. The van der Waals surface area contributed by atoms with Crippen molar-refractivity contribution in [3.05, 3.63) is 23.8 Å². The molecule has 1 fully saturated rings. The van der Waals surface area contributed by atoms with Gasteiger partial charge >= 0.3 is 16.3 Å². The van der Waals surface area contributed by atoms with Crippen LogP contribution < -0.4 is 0 Å². The first-order chi connectivity index (χ1) is 12.8. The maximum Gasteiger partial charge on any atom is 0.620 e. The van der Waals surface area contributed by atoms with Crippen LogP contribution in [-0.2, 0) is 8.83 Å². The van der Waals surface area contributed by atoms with Crippen LogP contribution in [-0.4, -0.2) is 31.1 Å². The third-order valence-electron chi connectivity index (χ3n) is 5.36. The molecule has 1 atom stereocenters. The van der Waals surface area contributed by atoms with Gasteiger partial charge in [0.05, 0.1) is 4.31 Å². The summed E-state index contributed by atoms with van der Waals surface area (Å²) in [5.41, 5.74) is 2.79. The van der Waals surface area contributed by atoms with Crippen molar-refractivity contribution in [1.29, 1.82) is 0 Å². The van der Waals surface area contributed by atoms with Gasteiger partial charge in [-0.1, -0.05) is 50.5 Å². The van der Waals surface area contributed by atoms with Crippen LogP contribution in [0.1, 0.15) is 78.6 Å². The van der Waals surface area contributed by atoms with E-state index in [1.807, 2.05) is 6.92 Å². The van der Waals surface area contributed by atoms with Crippen molar-refractivity contribution in [2.24, 2.45) is 11.3 Å². The molecule has 0 bridgehead atoms. The quantitative estimate of drug-likeness (QED) is 0.266. The van der Waals surface area contributed by atoms with E-state index >= 15 is 0 Å². The lowest BCUT2D eigenvalue weighted by Gasteiger charge is -2.28. The fourth-order valence-corrected chi connectivity index (χ4v) is 5.22. The number of rotatable bonds is 8. The molecule has 1 saturated carbocycles. The van der Waals surface area contributed by atoms with Crippen LogP contribution in [0.2, 0.25) is 0 Å². The third-order valence-corrected chi connectivity index (χ3v) is 7.58. The SMILES string of the molecule is C=C1CCCC(C)(C)CCCC[C@@H]1CC/C(C)=C/CO[P+](O)(O)O[P+](O)(O)O. The minimum Gasteiger partial charge on any atom is -0.165 e. The van der Waals surface area contributed by atoms with Gasteiger partial charge in [-0.3, -0.25) is 0 Å². The van der Waals surface area contributed by atoms with Crippen LogP contribution in [0.4, 0.5) is 0 Å². The molecule has 7 nitrogen and oxygen atoms in total. The molecule has 0 heterocycles. The fourth-order valence-electron chi connectivity index (χ4n) is 3.62. The zero-order valence-corrected chi connectivity index (χ0v) is 19.2. The summed E-state index contributed by atoms with van der Waals surface area (Å²) in [6.07, 6.45) is 11.9. The van der Waals surface area contributed by atoms with E-state index < -0.39 is 16.3 Å². The van der Waals surface area contributed by atoms with Gasteiger partial charge in [-0.2, -0.15) is 24.5 Å². The van der Waals surface area contributed by atoms with Gasteiger partial charge in [0.2, 0.25) is 0 Å². The Morgan fingerprint density at radius 3 is 2.43 bits per heavy atom. The van der Waals surface area contributed by atoms with E-state index in [1.54, 1.807) is 6.08 Å². The van der Waals surface area contributed by atoms with E-state index in [-0.39, 0.29) is 6.61 Å². The van der Waals surface area contributed by atoms with Gasteiger partial charge in [-0.25, -0.2) is 0 Å². The predicted octanol–water partition coefficient (Wildman–Crippen LogP) is 5.01. The maximum atomic E-state index is 9.40. The number of allylic oxidation sites excluding steroid dienone is 2. The minimum absolute atomic E-state index is 0.159. The third kappa shape index (κ3) is 11.9. The number of hydrogen-bond donors (Lipinski definition) is 5. The van der Waals surface area contributed by atoms with Crippen molar-refractivity contribution in [1.82, 2.24) is 0 Å². The fraction of sp³-hybridized carbons (Fsp3) is 0.789. The molecule has 0 aliphatic heterocycles. The molecule has 164 valence electrons. The van der Waals surface area contributed by atoms with E-state index in [0.717, 1.165) is 31.3 Å². The first-order valence-electron chi connectivity index (χ1n) is 9.91. The zero-order valence-electron chi connectivity index (χ0n) is 17.4. The molecule has 0 saturated heterocycles. The van der Waals surface area contributed by atoms with E-state index in [2.05, 4.69) is 24.7 Å². The molecule has 0 unspecified atom stereocenters. The van der Waals surface area contributed by atoms with Crippen molar-refractivity contribution >= 4 is 16.3 Å². The van der Waals surface area contributed by atoms with Crippen molar-refractivity contribution < 1.29 is 33.3 Å². The lowest BCUT2D eigenvalue weighted by Crippen LogP contribution is -2.14. The van der Waals surface area contributed by atoms with Crippen LogP contribution in [0.15, 0.2) is 23.8 Å². The second-order valence-corrected chi connectivity index (χ2v) is 11.5. The first-order valence-corrected chi connectivity index (χ1v) is 13.0. The van der Waals surface area contributed by atoms with Crippen molar-refractivity contribution in [3.63, 3.8) is 0 Å².